The van der Waals surface area contributed by atoms with Crippen molar-refractivity contribution in [3.8, 4) is 11.5 Å². The minimum atomic E-state index is -0.458. The molecule has 0 fully saturated rings. The second-order valence-corrected chi connectivity index (χ2v) is 28.5. The number of phenols is 2. The van der Waals surface area contributed by atoms with Gasteiger partial charge in [0.05, 0.1) is 0 Å². The van der Waals surface area contributed by atoms with Crippen molar-refractivity contribution in [2.45, 2.75) is 6.42 Å². The van der Waals surface area contributed by atoms with Gasteiger partial charge in [0.15, 0.2) is 0 Å². The molecule has 0 atom stereocenters. The van der Waals surface area contributed by atoms with Crippen molar-refractivity contribution in [1.29, 1.82) is 0 Å². The van der Waals surface area contributed by atoms with E-state index in [1.54, 1.807) is 36.7 Å². The molecule has 0 saturated carbocycles. The third-order valence-electron chi connectivity index (χ3n) is 2.91. The Balaban J connectivity index is 0.00000134. The van der Waals surface area contributed by atoms with Gasteiger partial charge < -0.3 is 10.2 Å². The molecule has 0 bridgehead atoms. The molecule has 135 valence electrons. The minimum absolute atomic E-state index is 0. The van der Waals surface area contributed by atoms with Crippen LogP contribution in [-0.2, 0) is 36.8 Å². The number of phenolic OH excluding ortho intramolecular Hbond substituents is 2. The summed E-state index contributed by atoms with van der Waals surface area (Å²) in [5, 5.41) is 19.1. The molecule has 0 aromatic heterocycles. The Kier molecular flexibility index (Phi) is 15.9. The molecule has 2 rings (SSSR count). The molecule has 0 aliphatic heterocycles. The second kappa shape index (κ2) is 16.0. The number of aromatic hydroxyl groups is 2. The first-order chi connectivity index (χ1) is 11.7. The van der Waals surface area contributed by atoms with Crippen LogP contribution in [0.4, 0.5) is 0 Å². The van der Waals surface area contributed by atoms with Crippen LogP contribution in [-0.4, -0.2) is 35.7 Å². The van der Waals surface area contributed by atoms with E-state index in [1.807, 2.05) is 24.3 Å². The van der Waals surface area contributed by atoms with E-state index in [2.05, 4.69) is 33.8 Å². The molecule has 0 aliphatic carbocycles. The van der Waals surface area contributed by atoms with Gasteiger partial charge in [-0.25, -0.2) is 0 Å². The molecule has 0 unspecified atom stereocenters. The van der Waals surface area contributed by atoms with Crippen molar-refractivity contribution in [2.24, 2.45) is 9.98 Å². The van der Waals surface area contributed by atoms with Crippen molar-refractivity contribution in [1.82, 2.24) is 0 Å². The number of hydrogen-bond donors (Lipinski definition) is 2. The largest absolute Gasteiger partial charge is 0 e. The summed E-state index contributed by atoms with van der Waals surface area (Å²) in [7, 11) is 0. The van der Waals surface area contributed by atoms with Crippen molar-refractivity contribution in [3.63, 3.8) is 0 Å². The van der Waals surface area contributed by atoms with Crippen molar-refractivity contribution in [2.75, 3.05) is 13.1 Å². The topological polar surface area (TPSA) is 65.2 Å². The molecule has 2 N–H and O–H groups in total. The maximum absolute atomic E-state index is 9.56. The minimum Gasteiger partial charge on any atom is 0 e. The maximum Gasteiger partial charge on any atom is 0 e. The van der Waals surface area contributed by atoms with Gasteiger partial charge in [0.2, 0.25) is 0 Å². The number of halogens is 2. The average molecular weight is 706 g/mol. The van der Waals surface area contributed by atoms with E-state index in [0.29, 0.717) is 13.1 Å². The second-order valence-electron chi connectivity index (χ2n) is 4.64. The molecule has 0 amide bonds. The molecule has 2 aromatic rings. The Labute approximate surface area is 182 Å². The number of hydrogen-bond acceptors (Lipinski definition) is 4. The van der Waals surface area contributed by atoms with Crippen LogP contribution >= 0.6 is 23.8 Å². The number of benzene rings is 2. The van der Waals surface area contributed by atoms with Crippen LogP contribution < -0.4 is 0 Å². The Morgan fingerprint density at radius 3 is 1.52 bits per heavy atom. The summed E-state index contributed by atoms with van der Waals surface area (Å²) in [4.78, 5) is 8.51. The van der Waals surface area contributed by atoms with Crippen LogP contribution in [0.5, 0.6) is 11.5 Å². The zero-order chi connectivity index (χ0) is 17.6. The summed E-state index contributed by atoms with van der Waals surface area (Å²) in [5.74, 6) is 0.470. The van der Waals surface area contributed by atoms with Gasteiger partial charge in [-0.15, -0.1) is 0 Å². The van der Waals surface area contributed by atoms with Crippen LogP contribution in [0.2, 0.25) is 0 Å². The van der Waals surface area contributed by atoms with Crippen LogP contribution in [0.15, 0.2) is 58.5 Å². The van der Waals surface area contributed by atoms with Crippen LogP contribution in [0, 0.1) is 0 Å². The molecule has 4 nitrogen and oxygen atoms in total. The van der Waals surface area contributed by atoms with Crippen molar-refractivity contribution < 1.29 is 47.0 Å². The first-order valence-corrected chi connectivity index (χ1v) is 31.2. The quantitative estimate of drug-likeness (QED) is 0.260. The standard InChI is InChI=1S/C17H18N2O2.2BrH.Cu.Hg/c20-16-8-3-1-6-14(16)12-18-10-5-11-19-13-15-7-2-4-9-17(15)21;;;;/h1-4,6-9,12-13,20-21H,5,10-11H2;2*1H;;/q;;;;+2/p-2. The molecule has 8 heteroatoms. The van der Waals surface area contributed by atoms with Crippen molar-refractivity contribution >= 4 is 36.2 Å². The first kappa shape index (κ1) is 24.8. The van der Waals surface area contributed by atoms with Gasteiger partial charge in [0.1, 0.15) is 11.5 Å². The molecule has 25 heavy (non-hydrogen) atoms. The van der Waals surface area contributed by atoms with Crippen LogP contribution in [0.3, 0.4) is 0 Å². The van der Waals surface area contributed by atoms with E-state index in [9.17, 15) is 10.2 Å². The van der Waals surface area contributed by atoms with Crippen molar-refractivity contribution in [3.05, 3.63) is 59.7 Å². The summed E-state index contributed by atoms with van der Waals surface area (Å²) in [5.41, 5.74) is 1.44. The predicted molar refractivity (Wildman–Crippen MR) is 104 cm³/mol. The molecule has 0 heterocycles. The Bertz CT molecular complexity index is 617. The van der Waals surface area contributed by atoms with Gasteiger partial charge in [-0.2, -0.15) is 0 Å². The molecule has 1 radical (unpaired) electrons. The van der Waals surface area contributed by atoms with E-state index in [-0.39, 0.29) is 28.6 Å². The molecule has 2 aromatic carbocycles. The summed E-state index contributed by atoms with van der Waals surface area (Å²) in [6, 6.07) is 14.2. The number of aliphatic imine (C=N–C) groups is 2. The van der Waals surface area contributed by atoms with Crippen LogP contribution in [0.25, 0.3) is 0 Å². The fraction of sp³-hybridized carbons (Fsp3) is 0.176. The van der Waals surface area contributed by atoms with Gasteiger partial charge in [0, 0.05) is 53.7 Å². The fourth-order valence-electron chi connectivity index (χ4n) is 1.77. The van der Waals surface area contributed by atoms with Gasteiger partial charge in [0.25, 0.3) is 0 Å². The zero-order valence-electron chi connectivity index (χ0n) is 13.4. The Morgan fingerprint density at radius 2 is 1.16 bits per heavy atom. The van der Waals surface area contributed by atoms with E-state index in [4.69, 9.17) is 0 Å². The predicted octanol–water partition coefficient (Wildman–Crippen LogP) is 4.71. The molecular formula is C17H18Br2CuHgN2O2. The number of para-hydroxylation sites is 2. The normalized spacial score (nSPS) is 10.0. The summed E-state index contributed by atoms with van der Waals surface area (Å²) in [6.07, 6.45) is 4.15. The molecule has 0 aliphatic rings. The van der Waals surface area contributed by atoms with Gasteiger partial charge in [-0.05, 0) is 30.7 Å². The maximum atomic E-state index is 9.56. The SMILES string of the molecule is Oc1ccccc1C=NCCCN=Cc1ccccc1O.[Br][Hg][Br].[Cu]. The summed E-state index contributed by atoms with van der Waals surface area (Å²) >= 11 is 6.11. The Hall–Kier alpha value is -0.205. The fourth-order valence-corrected chi connectivity index (χ4v) is 1.77. The first-order valence-electron chi connectivity index (χ1n) is 7.36. The van der Waals surface area contributed by atoms with E-state index >= 15 is 0 Å². The molecule has 0 saturated heterocycles. The molecular weight excluding hydrogens is 688 g/mol. The zero-order valence-corrected chi connectivity index (χ0v) is 23.1. The Morgan fingerprint density at radius 1 is 0.800 bits per heavy atom. The van der Waals surface area contributed by atoms with Gasteiger partial charge >= 0.3 is 43.5 Å². The molecule has 0 spiro atoms. The summed E-state index contributed by atoms with van der Waals surface area (Å²) < 4.78 is 0. The average Bonchev–Trinajstić information content (AvgIpc) is 2.58. The van der Waals surface area contributed by atoms with Gasteiger partial charge in [-0.1, -0.05) is 24.3 Å². The number of nitrogens with zero attached hydrogens (tertiary/aromatic N) is 2. The summed E-state index contributed by atoms with van der Waals surface area (Å²) in [6.45, 7) is 1.29. The van der Waals surface area contributed by atoms with E-state index < -0.39 is 19.7 Å². The smallest absolute Gasteiger partial charge is 0 e. The number of rotatable bonds is 6. The monoisotopic (exact) mass is 705 g/mol. The van der Waals surface area contributed by atoms with E-state index in [0.717, 1.165) is 17.5 Å². The third-order valence-corrected chi connectivity index (χ3v) is 2.91. The van der Waals surface area contributed by atoms with E-state index in [1.165, 1.54) is 0 Å². The van der Waals surface area contributed by atoms with Gasteiger partial charge in [-0.3, -0.25) is 9.98 Å². The third kappa shape index (κ3) is 11.2. The van der Waals surface area contributed by atoms with Crippen LogP contribution in [0.1, 0.15) is 17.5 Å².